The lowest BCUT2D eigenvalue weighted by Crippen LogP contribution is -2.16. The number of amides is 1. The van der Waals surface area contributed by atoms with E-state index in [4.69, 9.17) is 5.73 Å². The number of pyridine rings is 1. The summed E-state index contributed by atoms with van der Waals surface area (Å²) < 4.78 is 0.672. The van der Waals surface area contributed by atoms with Gasteiger partial charge in [-0.05, 0) is 52.5 Å². The predicted octanol–water partition coefficient (Wildman–Crippen LogP) is 3.22. The van der Waals surface area contributed by atoms with Crippen LogP contribution in [0.5, 0.6) is 0 Å². The zero-order valence-corrected chi connectivity index (χ0v) is 13.0. The molecule has 1 aromatic carbocycles. The van der Waals surface area contributed by atoms with Crippen LogP contribution in [0.4, 0.5) is 11.5 Å². The number of anilines is 2. The van der Waals surface area contributed by atoms with Crippen LogP contribution in [0.2, 0.25) is 0 Å². The maximum Gasteiger partial charge on any atom is 0.229 e. The average molecular weight is 334 g/mol. The smallest absolute Gasteiger partial charge is 0.229 e. The molecule has 2 rings (SSSR count). The van der Waals surface area contributed by atoms with Crippen LogP contribution < -0.4 is 11.1 Å². The standard InChI is InChI=1S/C15H16BrN3O/c1-9-3-4-11(5-10(9)2)6-14(20)19-15-13(16)7-12(17)8-18-15/h3-5,7-8H,6,17H2,1-2H3,(H,18,19,20). The zero-order chi connectivity index (χ0) is 14.7. The van der Waals surface area contributed by atoms with E-state index in [1.54, 1.807) is 6.07 Å². The van der Waals surface area contributed by atoms with E-state index in [1.165, 1.54) is 17.3 Å². The molecule has 0 unspecified atom stereocenters. The average Bonchev–Trinajstić information content (AvgIpc) is 2.37. The van der Waals surface area contributed by atoms with Crippen molar-refractivity contribution in [2.75, 3.05) is 11.1 Å². The molecule has 1 heterocycles. The van der Waals surface area contributed by atoms with Crippen LogP contribution in [-0.4, -0.2) is 10.9 Å². The van der Waals surface area contributed by atoms with E-state index in [-0.39, 0.29) is 5.91 Å². The van der Waals surface area contributed by atoms with Gasteiger partial charge in [0.2, 0.25) is 5.91 Å². The Bertz CT molecular complexity index is 656. The maximum atomic E-state index is 12.0. The summed E-state index contributed by atoms with van der Waals surface area (Å²) >= 11 is 3.32. The van der Waals surface area contributed by atoms with Gasteiger partial charge in [-0.25, -0.2) is 4.98 Å². The minimum Gasteiger partial charge on any atom is -0.397 e. The summed E-state index contributed by atoms with van der Waals surface area (Å²) in [6.45, 7) is 4.09. The third-order valence-electron chi connectivity index (χ3n) is 3.06. The van der Waals surface area contributed by atoms with Crippen molar-refractivity contribution in [3.8, 4) is 0 Å². The van der Waals surface area contributed by atoms with Crippen LogP contribution in [0.25, 0.3) is 0 Å². The van der Waals surface area contributed by atoms with Crippen LogP contribution in [0.3, 0.4) is 0 Å². The summed E-state index contributed by atoms with van der Waals surface area (Å²) in [5.41, 5.74) is 9.54. The molecule has 0 saturated carbocycles. The van der Waals surface area contributed by atoms with Gasteiger partial charge in [0.15, 0.2) is 0 Å². The molecule has 5 heteroatoms. The van der Waals surface area contributed by atoms with Gasteiger partial charge in [-0.15, -0.1) is 0 Å². The van der Waals surface area contributed by atoms with Gasteiger partial charge in [0, 0.05) is 0 Å². The van der Waals surface area contributed by atoms with E-state index in [0.29, 0.717) is 22.4 Å². The fraction of sp³-hybridized carbons (Fsp3) is 0.200. The molecule has 0 saturated heterocycles. The molecular formula is C15H16BrN3O. The predicted molar refractivity (Wildman–Crippen MR) is 84.6 cm³/mol. The van der Waals surface area contributed by atoms with Crippen molar-refractivity contribution in [3.05, 3.63) is 51.6 Å². The van der Waals surface area contributed by atoms with Gasteiger partial charge in [-0.3, -0.25) is 4.79 Å². The number of aromatic nitrogens is 1. The molecule has 0 radical (unpaired) electrons. The minimum atomic E-state index is -0.105. The number of nitrogen functional groups attached to an aromatic ring is 1. The van der Waals surface area contributed by atoms with Crippen molar-refractivity contribution in [1.82, 2.24) is 4.98 Å². The van der Waals surface area contributed by atoms with E-state index in [9.17, 15) is 4.79 Å². The number of carbonyl (C=O) groups is 1. The van der Waals surface area contributed by atoms with Gasteiger partial charge in [-0.1, -0.05) is 18.2 Å². The van der Waals surface area contributed by atoms with Gasteiger partial charge >= 0.3 is 0 Å². The van der Waals surface area contributed by atoms with Crippen molar-refractivity contribution < 1.29 is 4.79 Å². The number of hydrogen-bond acceptors (Lipinski definition) is 3. The van der Waals surface area contributed by atoms with Crippen molar-refractivity contribution in [2.45, 2.75) is 20.3 Å². The van der Waals surface area contributed by atoms with Gasteiger partial charge < -0.3 is 11.1 Å². The summed E-state index contributed by atoms with van der Waals surface area (Å²) in [4.78, 5) is 16.1. The number of nitrogens with zero attached hydrogens (tertiary/aromatic N) is 1. The zero-order valence-electron chi connectivity index (χ0n) is 11.4. The number of halogens is 1. The third kappa shape index (κ3) is 3.57. The van der Waals surface area contributed by atoms with Crippen molar-refractivity contribution in [3.63, 3.8) is 0 Å². The molecule has 1 aromatic heterocycles. The van der Waals surface area contributed by atoms with Gasteiger partial charge in [-0.2, -0.15) is 0 Å². The minimum absolute atomic E-state index is 0.105. The molecule has 4 nitrogen and oxygen atoms in total. The molecule has 3 N–H and O–H groups in total. The molecule has 2 aromatic rings. The molecular weight excluding hydrogens is 318 g/mol. The van der Waals surface area contributed by atoms with E-state index >= 15 is 0 Å². The highest BCUT2D eigenvalue weighted by atomic mass is 79.9. The lowest BCUT2D eigenvalue weighted by atomic mass is 10.0. The summed E-state index contributed by atoms with van der Waals surface area (Å²) in [6.07, 6.45) is 1.83. The van der Waals surface area contributed by atoms with Gasteiger partial charge in [0.25, 0.3) is 0 Å². The SMILES string of the molecule is Cc1ccc(CC(=O)Nc2ncc(N)cc2Br)cc1C. The molecule has 0 aliphatic rings. The normalized spacial score (nSPS) is 10.3. The second kappa shape index (κ2) is 6.05. The molecule has 0 aliphatic heterocycles. The number of hydrogen-bond donors (Lipinski definition) is 2. The van der Waals surface area contributed by atoms with Gasteiger partial charge in [0.05, 0.1) is 22.8 Å². The number of benzene rings is 1. The quantitative estimate of drug-likeness (QED) is 0.906. The highest BCUT2D eigenvalue weighted by Gasteiger charge is 2.08. The Labute approximate surface area is 126 Å². The highest BCUT2D eigenvalue weighted by Crippen LogP contribution is 2.22. The molecule has 0 spiro atoms. The molecule has 20 heavy (non-hydrogen) atoms. The number of rotatable bonds is 3. The lowest BCUT2D eigenvalue weighted by Gasteiger charge is -2.08. The molecule has 0 atom stereocenters. The Hall–Kier alpha value is -1.88. The largest absolute Gasteiger partial charge is 0.397 e. The Morgan fingerprint density at radius 2 is 2.05 bits per heavy atom. The summed E-state index contributed by atoms with van der Waals surface area (Å²) in [6, 6.07) is 7.72. The van der Waals surface area contributed by atoms with E-state index in [2.05, 4.69) is 33.2 Å². The van der Waals surface area contributed by atoms with Crippen LogP contribution in [-0.2, 0) is 11.2 Å². The monoisotopic (exact) mass is 333 g/mol. The summed E-state index contributed by atoms with van der Waals surface area (Å²) in [7, 11) is 0. The third-order valence-corrected chi connectivity index (χ3v) is 3.66. The number of nitrogens with one attached hydrogen (secondary N) is 1. The van der Waals surface area contributed by atoms with Crippen LogP contribution in [0, 0.1) is 13.8 Å². The first-order chi connectivity index (χ1) is 9.45. The van der Waals surface area contributed by atoms with Crippen LogP contribution >= 0.6 is 15.9 Å². The Balaban J connectivity index is 2.07. The second-order valence-electron chi connectivity index (χ2n) is 4.74. The van der Waals surface area contributed by atoms with Crippen molar-refractivity contribution in [2.24, 2.45) is 0 Å². The first kappa shape index (κ1) is 14.5. The van der Waals surface area contributed by atoms with Gasteiger partial charge in [0.1, 0.15) is 5.82 Å². The number of aryl methyl sites for hydroxylation is 2. The molecule has 0 fully saturated rings. The fourth-order valence-electron chi connectivity index (χ4n) is 1.82. The first-order valence-electron chi connectivity index (χ1n) is 6.22. The maximum absolute atomic E-state index is 12.0. The van der Waals surface area contributed by atoms with E-state index in [1.807, 2.05) is 25.1 Å². The van der Waals surface area contributed by atoms with E-state index in [0.717, 1.165) is 5.56 Å². The molecule has 104 valence electrons. The Morgan fingerprint density at radius 3 is 2.70 bits per heavy atom. The first-order valence-corrected chi connectivity index (χ1v) is 7.02. The fourth-order valence-corrected chi connectivity index (χ4v) is 2.29. The highest BCUT2D eigenvalue weighted by molar-refractivity contribution is 9.10. The molecule has 1 amide bonds. The number of nitrogens with two attached hydrogens (primary N) is 1. The Kier molecular flexibility index (Phi) is 4.39. The molecule has 0 bridgehead atoms. The lowest BCUT2D eigenvalue weighted by molar-refractivity contribution is -0.115. The Morgan fingerprint density at radius 1 is 1.30 bits per heavy atom. The summed E-state index contributed by atoms with van der Waals surface area (Å²) in [5.74, 6) is 0.374. The molecule has 0 aliphatic carbocycles. The topological polar surface area (TPSA) is 68.0 Å². The second-order valence-corrected chi connectivity index (χ2v) is 5.60. The van der Waals surface area contributed by atoms with Crippen molar-refractivity contribution >= 4 is 33.3 Å². The van der Waals surface area contributed by atoms with Crippen LogP contribution in [0.15, 0.2) is 34.9 Å². The van der Waals surface area contributed by atoms with E-state index < -0.39 is 0 Å². The van der Waals surface area contributed by atoms with Crippen molar-refractivity contribution in [1.29, 1.82) is 0 Å². The number of carbonyl (C=O) groups excluding carboxylic acids is 1. The van der Waals surface area contributed by atoms with Crippen LogP contribution in [0.1, 0.15) is 16.7 Å². The summed E-state index contributed by atoms with van der Waals surface area (Å²) in [5, 5.41) is 2.77.